The van der Waals surface area contributed by atoms with E-state index in [0.29, 0.717) is 5.92 Å². The smallest absolute Gasteiger partial charge is 0.0104 e. The first-order chi connectivity index (χ1) is 8.83. The lowest BCUT2D eigenvalue weighted by Gasteiger charge is -2.17. The van der Waals surface area contributed by atoms with Crippen molar-refractivity contribution in [2.24, 2.45) is 5.92 Å². The van der Waals surface area contributed by atoms with Gasteiger partial charge in [-0.2, -0.15) is 0 Å². The molecule has 0 saturated heterocycles. The van der Waals surface area contributed by atoms with Gasteiger partial charge >= 0.3 is 0 Å². The van der Waals surface area contributed by atoms with Crippen LogP contribution in [0.4, 0.5) is 0 Å². The van der Waals surface area contributed by atoms with Crippen molar-refractivity contribution in [2.75, 3.05) is 0 Å². The van der Waals surface area contributed by atoms with Crippen LogP contribution in [0, 0.1) is 12.8 Å². The highest BCUT2D eigenvalue weighted by Gasteiger charge is 2.24. The van der Waals surface area contributed by atoms with Crippen LogP contribution < -0.4 is 0 Å². The Morgan fingerprint density at radius 1 is 1.22 bits per heavy atom. The van der Waals surface area contributed by atoms with E-state index in [2.05, 4.69) is 48.4 Å². The SMILES string of the molecule is Cc1cccc(C(CCC2CC2)c2cc[nH]c2)c1. The quantitative estimate of drug-likeness (QED) is 0.782. The van der Waals surface area contributed by atoms with Crippen molar-refractivity contribution in [3.63, 3.8) is 0 Å². The molecule has 1 aliphatic carbocycles. The van der Waals surface area contributed by atoms with Gasteiger partial charge in [0, 0.05) is 18.3 Å². The summed E-state index contributed by atoms with van der Waals surface area (Å²) in [5.74, 6) is 1.58. The molecule has 1 aromatic heterocycles. The summed E-state index contributed by atoms with van der Waals surface area (Å²) >= 11 is 0. The molecule has 0 spiro atoms. The number of aryl methyl sites for hydroxylation is 1. The minimum Gasteiger partial charge on any atom is -0.367 e. The third-order valence-corrected chi connectivity index (χ3v) is 4.03. The summed E-state index contributed by atoms with van der Waals surface area (Å²) in [7, 11) is 0. The van der Waals surface area contributed by atoms with E-state index in [1.807, 2.05) is 6.20 Å². The van der Waals surface area contributed by atoms with Gasteiger partial charge < -0.3 is 4.98 Å². The molecule has 3 rings (SSSR count). The fraction of sp³-hybridized carbons (Fsp3) is 0.412. The highest BCUT2D eigenvalue weighted by Crippen LogP contribution is 2.38. The van der Waals surface area contributed by atoms with Crippen LogP contribution in [0.15, 0.2) is 42.7 Å². The van der Waals surface area contributed by atoms with Crippen LogP contribution in [-0.4, -0.2) is 4.98 Å². The molecule has 0 bridgehead atoms. The lowest BCUT2D eigenvalue weighted by molar-refractivity contribution is 0.614. The van der Waals surface area contributed by atoms with Crippen molar-refractivity contribution in [3.8, 4) is 0 Å². The van der Waals surface area contributed by atoms with Crippen molar-refractivity contribution in [1.82, 2.24) is 4.98 Å². The molecule has 94 valence electrons. The van der Waals surface area contributed by atoms with Gasteiger partial charge in [0.25, 0.3) is 0 Å². The van der Waals surface area contributed by atoms with Crippen LogP contribution in [0.25, 0.3) is 0 Å². The average molecular weight is 239 g/mol. The lowest BCUT2D eigenvalue weighted by Crippen LogP contribution is -2.01. The first-order valence-electron chi connectivity index (χ1n) is 7.02. The first kappa shape index (κ1) is 11.6. The molecule has 1 atom stereocenters. The summed E-state index contributed by atoms with van der Waals surface area (Å²) in [5.41, 5.74) is 4.26. The molecule has 0 amide bonds. The van der Waals surface area contributed by atoms with Gasteiger partial charge in [-0.15, -0.1) is 0 Å². The van der Waals surface area contributed by atoms with Crippen molar-refractivity contribution in [2.45, 2.75) is 38.5 Å². The molecule has 0 radical (unpaired) electrons. The molecule has 1 aliphatic rings. The summed E-state index contributed by atoms with van der Waals surface area (Å²) in [5, 5.41) is 0. The van der Waals surface area contributed by atoms with Crippen LogP contribution in [0.3, 0.4) is 0 Å². The van der Waals surface area contributed by atoms with Crippen LogP contribution in [0.1, 0.15) is 48.3 Å². The largest absolute Gasteiger partial charge is 0.367 e. The molecule has 0 aliphatic heterocycles. The van der Waals surface area contributed by atoms with Gasteiger partial charge in [0.05, 0.1) is 0 Å². The van der Waals surface area contributed by atoms with E-state index in [0.717, 1.165) is 5.92 Å². The monoisotopic (exact) mass is 239 g/mol. The maximum atomic E-state index is 3.20. The maximum Gasteiger partial charge on any atom is 0.0104 e. The Bertz CT molecular complexity index is 494. The van der Waals surface area contributed by atoms with Gasteiger partial charge in [-0.1, -0.05) is 42.7 Å². The van der Waals surface area contributed by atoms with E-state index in [9.17, 15) is 0 Å². The van der Waals surface area contributed by atoms with Gasteiger partial charge in [0.1, 0.15) is 0 Å². The van der Waals surface area contributed by atoms with E-state index in [4.69, 9.17) is 0 Å². The third-order valence-electron chi connectivity index (χ3n) is 4.03. The van der Waals surface area contributed by atoms with Crippen molar-refractivity contribution >= 4 is 0 Å². The molecular formula is C17H21N. The van der Waals surface area contributed by atoms with Gasteiger partial charge in [-0.3, -0.25) is 0 Å². The second-order valence-corrected chi connectivity index (χ2v) is 5.63. The van der Waals surface area contributed by atoms with E-state index in [-0.39, 0.29) is 0 Å². The van der Waals surface area contributed by atoms with Crippen LogP contribution in [0.5, 0.6) is 0 Å². The summed E-state index contributed by atoms with van der Waals surface area (Å²) in [6, 6.07) is 11.2. The van der Waals surface area contributed by atoms with Crippen molar-refractivity contribution in [1.29, 1.82) is 0 Å². The summed E-state index contributed by atoms with van der Waals surface area (Å²) < 4.78 is 0. The zero-order valence-corrected chi connectivity index (χ0v) is 11.0. The highest BCUT2D eigenvalue weighted by atomic mass is 14.6. The Morgan fingerprint density at radius 3 is 2.78 bits per heavy atom. The third kappa shape index (κ3) is 2.66. The van der Waals surface area contributed by atoms with Crippen molar-refractivity contribution < 1.29 is 0 Å². The second kappa shape index (κ2) is 5.01. The summed E-state index contributed by atoms with van der Waals surface area (Å²) in [4.78, 5) is 3.20. The van der Waals surface area contributed by atoms with Crippen LogP contribution in [0.2, 0.25) is 0 Å². The molecule has 2 aromatic rings. The molecule has 1 unspecified atom stereocenters. The number of hydrogen-bond acceptors (Lipinski definition) is 0. The summed E-state index contributed by atoms with van der Waals surface area (Å²) in [6.07, 6.45) is 9.76. The normalized spacial score (nSPS) is 16.7. The number of H-pyrrole nitrogens is 1. The van der Waals surface area contributed by atoms with Crippen LogP contribution >= 0.6 is 0 Å². The number of benzene rings is 1. The predicted octanol–water partition coefficient (Wildman–Crippen LogP) is 4.65. The van der Waals surface area contributed by atoms with Gasteiger partial charge in [0.15, 0.2) is 0 Å². The zero-order chi connectivity index (χ0) is 12.4. The molecule has 18 heavy (non-hydrogen) atoms. The Kier molecular flexibility index (Phi) is 3.22. The van der Waals surface area contributed by atoms with E-state index < -0.39 is 0 Å². The number of aromatic nitrogens is 1. The van der Waals surface area contributed by atoms with E-state index >= 15 is 0 Å². The van der Waals surface area contributed by atoms with Crippen LogP contribution in [-0.2, 0) is 0 Å². The predicted molar refractivity (Wildman–Crippen MR) is 75.8 cm³/mol. The summed E-state index contributed by atoms with van der Waals surface area (Å²) in [6.45, 7) is 2.18. The topological polar surface area (TPSA) is 15.8 Å². The minimum absolute atomic E-state index is 0.566. The average Bonchev–Trinajstić information content (AvgIpc) is 3.03. The second-order valence-electron chi connectivity index (χ2n) is 5.63. The fourth-order valence-electron chi connectivity index (χ4n) is 2.78. The standard InChI is InChI=1S/C17H21N/c1-13-3-2-4-15(11-13)17(8-7-14-5-6-14)16-9-10-18-12-16/h2-4,9-12,14,17-18H,5-8H2,1H3. The first-order valence-corrected chi connectivity index (χ1v) is 7.02. The van der Waals surface area contributed by atoms with E-state index in [1.165, 1.54) is 42.4 Å². The van der Waals surface area contributed by atoms with Gasteiger partial charge in [-0.25, -0.2) is 0 Å². The Hall–Kier alpha value is -1.50. The van der Waals surface area contributed by atoms with Gasteiger partial charge in [0.2, 0.25) is 0 Å². The Balaban J connectivity index is 1.83. The Labute approximate surface area is 109 Å². The van der Waals surface area contributed by atoms with E-state index in [1.54, 1.807) is 0 Å². The minimum atomic E-state index is 0.566. The number of rotatable bonds is 5. The molecule has 1 heteroatoms. The molecule has 1 N–H and O–H groups in total. The molecule has 1 aromatic carbocycles. The zero-order valence-electron chi connectivity index (χ0n) is 11.0. The molecular weight excluding hydrogens is 218 g/mol. The van der Waals surface area contributed by atoms with Gasteiger partial charge in [-0.05, 0) is 42.9 Å². The van der Waals surface area contributed by atoms with Crippen molar-refractivity contribution in [3.05, 3.63) is 59.4 Å². The number of aromatic amines is 1. The Morgan fingerprint density at radius 2 is 2.11 bits per heavy atom. The highest BCUT2D eigenvalue weighted by molar-refractivity contribution is 5.33. The fourth-order valence-corrected chi connectivity index (χ4v) is 2.78. The lowest BCUT2D eigenvalue weighted by atomic mass is 9.87. The molecule has 1 saturated carbocycles. The maximum absolute atomic E-state index is 3.20. The molecule has 1 nitrogen and oxygen atoms in total. The number of hydrogen-bond donors (Lipinski definition) is 1. The molecule has 1 fully saturated rings. The molecule has 1 heterocycles. The number of nitrogens with one attached hydrogen (secondary N) is 1.